The van der Waals surface area contributed by atoms with Gasteiger partial charge in [-0.3, -0.25) is 0 Å². The van der Waals surface area contributed by atoms with Crippen LogP contribution in [0.1, 0.15) is 5.56 Å². The normalized spacial score (nSPS) is 11.7. The maximum Gasteiger partial charge on any atom is 0.328 e. The maximum atomic E-state index is 11.4. The van der Waals surface area contributed by atoms with E-state index in [1.165, 1.54) is 12.3 Å². The summed E-state index contributed by atoms with van der Waals surface area (Å²) in [6.45, 7) is 0. The van der Waals surface area contributed by atoms with Crippen molar-refractivity contribution in [2.75, 3.05) is 6.26 Å². The minimum absolute atomic E-state index is 0.271. The van der Waals surface area contributed by atoms with Gasteiger partial charge in [0.2, 0.25) is 0 Å². The highest BCUT2D eigenvalue weighted by Crippen LogP contribution is 2.22. The molecule has 0 saturated heterocycles. The van der Waals surface area contributed by atoms with Gasteiger partial charge in [0.25, 0.3) is 0 Å². The molecule has 0 amide bonds. The smallest absolute Gasteiger partial charge is 0.328 e. The number of carboxylic acid groups (broad SMARTS) is 1. The Morgan fingerprint density at radius 2 is 1.71 bits per heavy atom. The molecule has 0 fully saturated rings. The highest BCUT2D eigenvalue weighted by Gasteiger charge is 2.06. The molecule has 2 aromatic carbocycles. The minimum atomic E-state index is -3.20. The first kappa shape index (κ1) is 15.0. The van der Waals surface area contributed by atoms with Crippen molar-refractivity contribution >= 4 is 21.9 Å². The van der Waals surface area contributed by atoms with Crippen LogP contribution in [-0.4, -0.2) is 25.7 Å². The van der Waals surface area contributed by atoms with Crippen LogP contribution < -0.4 is 0 Å². The van der Waals surface area contributed by atoms with Gasteiger partial charge in [0, 0.05) is 12.3 Å². The van der Waals surface area contributed by atoms with E-state index in [1.54, 1.807) is 30.3 Å². The zero-order valence-electron chi connectivity index (χ0n) is 11.4. The van der Waals surface area contributed by atoms with Gasteiger partial charge in [0.1, 0.15) is 0 Å². The van der Waals surface area contributed by atoms with Gasteiger partial charge in [-0.1, -0.05) is 30.3 Å². The fourth-order valence-electron chi connectivity index (χ4n) is 1.88. The van der Waals surface area contributed by atoms with Gasteiger partial charge in [-0.05, 0) is 41.0 Å². The van der Waals surface area contributed by atoms with Crippen LogP contribution in [0.25, 0.3) is 17.2 Å². The second-order valence-corrected chi connectivity index (χ2v) is 6.61. The van der Waals surface area contributed by atoms with Crippen molar-refractivity contribution in [3.63, 3.8) is 0 Å². The first-order valence-electron chi connectivity index (χ1n) is 6.18. The van der Waals surface area contributed by atoms with E-state index in [2.05, 4.69) is 0 Å². The molecule has 0 aromatic heterocycles. The largest absolute Gasteiger partial charge is 0.478 e. The molecule has 0 spiro atoms. The van der Waals surface area contributed by atoms with E-state index in [9.17, 15) is 13.2 Å². The molecule has 0 bridgehead atoms. The van der Waals surface area contributed by atoms with E-state index in [4.69, 9.17) is 5.11 Å². The molecule has 0 aliphatic carbocycles. The fourth-order valence-corrected chi connectivity index (χ4v) is 2.51. The summed E-state index contributed by atoms with van der Waals surface area (Å²) in [6.07, 6.45) is 3.75. The van der Waals surface area contributed by atoms with E-state index < -0.39 is 15.8 Å². The van der Waals surface area contributed by atoms with E-state index >= 15 is 0 Å². The molecule has 5 heteroatoms. The zero-order valence-corrected chi connectivity index (χ0v) is 12.2. The third kappa shape index (κ3) is 4.03. The molecule has 0 saturated carbocycles. The van der Waals surface area contributed by atoms with Crippen LogP contribution in [0, 0.1) is 0 Å². The summed E-state index contributed by atoms with van der Waals surface area (Å²) in [6, 6.07) is 13.9. The second kappa shape index (κ2) is 5.93. The molecule has 0 heterocycles. The van der Waals surface area contributed by atoms with Crippen molar-refractivity contribution in [3.05, 3.63) is 60.2 Å². The zero-order chi connectivity index (χ0) is 15.5. The molecular weight excluding hydrogens is 288 g/mol. The lowest BCUT2D eigenvalue weighted by atomic mass is 10.0. The number of aliphatic carboxylic acids is 1. The Morgan fingerprint density at radius 1 is 1.05 bits per heavy atom. The lowest BCUT2D eigenvalue weighted by Gasteiger charge is -2.04. The Labute approximate surface area is 123 Å². The van der Waals surface area contributed by atoms with Crippen molar-refractivity contribution in [1.29, 1.82) is 0 Å². The van der Waals surface area contributed by atoms with E-state index in [1.807, 2.05) is 18.2 Å². The molecule has 0 aliphatic heterocycles. The molecule has 2 rings (SSSR count). The SMILES string of the molecule is CS(=O)(=O)c1ccc(-c2cccc(/C=C/C(=O)O)c2)cc1. The number of carbonyl (C=O) groups is 1. The van der Waals surface area contributed by atoms with Gasteiger partial charge in [0.05, 0.1) is 4.90 Å². The highest BCUT2D eigenvalue weighted by atomic mass is 32.2. The van der Waals surface area contributed by atoms with E-state index in [0.29, 0.717) is 0 Å². The van der Waals surface area contributed by atoms with Crippen molar-refractivity contribution in [3.8, 4) is 11.1 Å². The molecular formula is C16H14O4S. The van der Waals surface area contributed by atoms with E-state index in [0.717, 1.165) is 22.8 Å². The standard InChI is InChI=1S/C16H14O4S/c1-21(19,20)15-8-6-13(7-9-15)14-4-2-3-12(11-14)5-10-16(17)18/h2-11H,1H3,(H,17,18)/b10-5+. The van der Waals surface area contributed by atoms with Gasteiger partial charge in [-0.2, -0.15) is 0 Å². The summed E-state index contributed by atoms with van der Waals surface area (Å²) < 4.78 is 22.8. The van der Waals surface area contributed by atoms with Crippen LogP contribution in [0.5, 0.6) is 0 Å². The number of hydrogen-bond donors (Lipinski definition) is 1. The van der Waals surface area contributed by atoms with Gasteiger partial charge in [0.15, 0.2) is 9.84 Å². The molecule has 2 aromatic rings. The minimum Gasteiger partial charge on any atom is -0.478 e. The van der Waals surface area contributed by atoms with Gasteiger partial charge < -0.3 is 5.11 Å². The summed E-state index contributed by atoms with van der Waals surface area (Å²) in [5, 5.41) is 8.62. The summed E-state index contributed by atoms with van der Waals surface area (Å²) >= 11 is 0. The highest BCUT2D eigenvalue weighted by molar-refractivity contribution is 7.90. The first-order valence-corrected chi connectivity index (χ1v) is 8.07. The van der Waals surface area contributed by atoms with Crippen LogP contribution in [0.15, 0.2) is 59.5 Å². The summed E-state index contributed by atoms with van der Waals surface area (Å²) in [5.41, 5.74) is 2.53. The number of sulfone groups is 1. The summed E-state index contributed by atoms with van der Waals surface area (Å²) in [5.74, 6) is -1.00. The first-order chi connectivity index (χ1) is 9.86. The summed E-state index contributed by atoms with van der Waals surface area (Å²) in [7, 11) is -3.20. The predicted octanol–water partition coefficient (Wildman–Crippen LogP) is 2.85. The van der Waals surface area contributed by atoms with Crippen molar-refractivity contribution < 1.29 is 18.3 Å². The number of benzene rings is 2. The third-order valence-electron chi connectivity index (χ3n) is 2.92. The lowest BCUT2D eigenvalue weighted by Crippen LogP contribution is -1.96. The van der Waals surface area contributed by atoms with Gasteiger partial charge in [-0.25, -0.2) is 13.2 Å². The average molecular weight is 302 g/mol. The van der Waals surface area contributed by atoms with Crippen LogP contribution >= 0.6 is 0 Å². The quantitative estimate of drug-likeness (QED) is 0.882. The molecule has 0 unspecified atom stereocenters. The average Bonchev–Trinajstić information content (AvgIpc) is 2.45. The van der Waals surface area contributed by atoms with Crippen LogP contribution in [0.4, 0.5) is 0 Å². The number of hydrogen-bond acceptors (Lipinski definition) is 3. The van der Waals surface area contributed by atoms with Gasteiger partial charge >= 0.3 is 5.97 Å². The fraction of sp³-hybridized carbons (Fsp3) is 0.0625. The van der Waals surface area contributed by atoms with Crippen molar-refractivity contribution in [2.45, 2.75) is 4.90 Å². The number of carboxylic acids is 1. The van der Waals surface area contributed by atoms with Crippen LogP contribution in [-0.2, 0) is 14.6 Å². The number of rotatable bonds is 4. The second-order valence-electron chi connectivity index (χ2n) is 4.59. The van der Waals surface area contributed by atoms with Crippen molar-refractivity contribution in [2.24, 2.45) is 0 Å². The monoisotopic (exact) mass is 302 g/mol. The Bertz CT molecular complexity index is 787. The Kier molecular flexibility index (Phi) is 4.23. The van der Waals surface area contributed by atoms with Crippen LogP contribution in [0.3, 0.4) is 0 Å². The van der Waals surface area contributed by atoms with Crippen LogP contribution in [0.2, 0.25) is 0 Å². The molecule has 0 radical (unpaired) electrons. The molecule has 4 nitrogen and oxygen atoms in total. The molecule has 1 N–H and O–H groups in total. The Morgan fingerprint density at radius 3 is 2.29 bits per heavy atom. The summed E-state index contributed by atoms with van der Waals surface area (Å²) in [4.78, 5) is 10.8. The maximum absolute atomic E-state index is 11.4. The predicted molar refractivity (Wildman–Crippen MR) is 81.7 cm³/mol. The molecule has 0 aliphatic rings. The topological polar surface area (TPSA) is 71.4 Å². The molecule has 0 atom stereocenters. The molecule has 108 valence electrons. The Balaban J connectivity index is 2.34. The van der Waals surface area contributed by atoms with Crippen molar-refractivity contribution in [1.82, 2.24) is 0 Å². The lowest BCUT2D eigenvalue weighted by molar-refractivity contribution is -0.131. The Hall–Kier alpha value is -2.40. The molecule has 21 heavy (non-hydrogen) atoms. The van der Waals surface area contributed by atoms with Gasteiger partial charge in [-0.15, -0.1) is 0 Å². The third-order valence-corrected chi connectivity index (χ3v) is 4.05. The van der Waals surface area contributed by atoms with E-state index in [-0.39, 0.29) is 4.90 Å².